The van der Waals surface area contributed by atoms with E-state index in [1.807, 2.05) is 6.07 Å². The highest BCUT2D eigenvalue weighted by atomic mass is 35.5. The Morgan fingerprint density at radius 1 is 1.24 bits per heavy atom. The third kappa shape index (κ3) is 6.10. The standard InChI is InChI=1S/C24H16ClF3N6O3S/c1-13-7-14(10-29)8-16(22(35)31-12-24(26,27)28)20(13)32-23(36)18-9-19(37-15-4-6-38-11-15)33-34(18)21-17(25)3-2-5-30-21/h2-9,11H,12H2,1H3,(H,31,35)(H,32,36). The average Bonchev–Trinajstić information content (AvgIpc) is 3.53. The molecule has 0 fully saturated rings. The van der Waals surface area contributed by atoms with Crippen LogP contribution >= 0.6 is 22.9 Å². The van der Waals surface area contributed by atoms with E-state index < -0.39 is 24.5 Å². The largest absolute Gasteiger partial charge is 0.437 e. The summed E-state index contributed by atoms with van der Waals surface area (Å²) in [7, 11) is 0. The van der Waals surface area contributed by atoms with Gasteiger partial charge in [-0.1, -0.05) is 11.6 Å². The lowest BCUT2D eigenvalue weighted by molar-refractivity contribution is -0.123. The fourth-order valence-electron chi connectivity index (χ4n) is 3.35. The zero-order valence-electron chi connectivity index (χ0n) is 19.3. The normalized spacial score (nSPS) is 11.1. The first-order valence-electron chi connectivity index (χ1n) is 10.7. The summed E-state index contributed by atoms with van der Waals surface area (Å²) in [6.45, 7) is -0.0989. The minimum Gasteiger partial charge on any atom is -0.437 e. The monoisotopic (exact) mass is 560 g/mol. The van der Waals surface area contributed by atoms with E-state index in [-0.39, 0.29) is 44.8 Å². The van der Waals surface area contributed by atoms with E-state index in [2.05, 4.69) is 15.4 Å². The first-order chi connectivity index (χ1) is 18.1. The number of carbonyl (C=O) groups excluding carboxylic acids is 2. The minimum atomic E-state index is -4.66. The zero-order valence-corrected chi connectivity index (χ0v) is 20.9. The van der Waals surface area contributed by atoms with Crippen molar-refractivity contribution in [2.24, 2.45) is 0 Å². The number of carbonyl (C=O) groups is 2. The van der Waals surface area contributed by atoms with Gasteiger partial charge in [0.1, 0.15) is 18.0 Å². The van der Waals surface area contributed by atoms with Gasteiger partial charge in [-0.25, -0.2) is 9.67 Å². The number of hydrogen-bond donors (Lipinski definition) is 2. The van der Waals surface area contributed by atoms with Gasteiger partial charge in [0.15, 0.2) is 5.82 Å². The summed E-state index contributed by atoms with van der Waals surface area (Å²) in [6.07, 6.45) is -3.22. The van der Waals surface area contributed by atoms with Crippen molar-refractivity contribution in [3.8, 4) is 23.5 Å². The second-order valence-electron chi connectivity index (χ2n) is 7.73. The molecule has 0 spiro atoms. The molecule has 9 nitrogen and oxygen atoms in total. The lowest BCUT2D eigenvalue weighted by Gasteiger charge is -2.16. The van der Waals surface area contributed by atoms with Gasteiger partial charge in [0.2, 0.25) is 5.88 Å². The molecule has 0 bridgehead atoms. The van der Waals surface area contributed by atoms with Gasteiger partial charge in [0, 0.05) is 17.6 Å². The number of nitrogens with zero attached hydrogens (tertiary/aromatic N) is 4. The Kier molecular flexibility index (Phi) is 7.65. The van der Waals surface area contributed by atoms with Crippen LogP contribution in [0.4, 0.5) is 18.9 Å². The number of anilines is 1. The molecule has 0 saturated carbocycles. The van der Waals surface area contributed by atoms with Crippen LogP contribution in [0.25, 0.3) is 5.82 Å². The first-order valence-corrected chi connectivity index (χ1v) is 12.0. The van der Waals surface area contributed by atoms with Crippen molar-refractivity contribution < 1.29 is 27.5 Å². The number of amides is 2. The van der Waals surface area contributed by atoms with Crippen molar-refractivity contribution in [2.45, 2.75) is 13.1 Å². The number of rotatable bonds is 7. The molecule has 0 atom stereocenters. The van der Waals surface area contributed by atoms with Crippen LogP contribution in [0.2, 0.25) is 5.02 Å². The highest BCUT2D eigenvalue weighted by Gasteiger charge is 2.29. The third-order valence-corrected chi connectivity index (χ3v) is 5.93. The van der Waals surface area contributed by atoms with Gasteiger partial charge in [-0.05, 0) is 48.2 Å². The van der Waals surface area contributed by atoms with Gasteiger partial charge in [0.05, 0.1) is 27.9 Å². The molecule has 0 saturated heterocycles. The predicted molar refractivity (Wildman–Crippen MR) is 133 cm³/mol. The van der Waals surface area contributed by atoms with E-state index in [1.54, 1.807) is 34.3 Å². The summed E-state index contributed by atoms with van der Waals surface area (Å²) in [5.74, 6) is -1.29. The Morgan fingerprint density at radius 3 is 2.68 bits per heavy atom. The number of nitrogens with one attached hydrogen (secondary N) is 2. The maximum atomic E-state index is 13.5. The summed E-state index contributed by atoms with van der Waals surface area (Å²) in [4.78, 5) is 30.3. The topological polar surface area (TPSA) is 122 Å². The van der Waals surface area contributed by atoms with Crippen LogP contribution in [-0.4, -0.2) is 39.3 Å². The fraction of sp³-hybridized carbons (Fsp3) is 0.125. The number of aromatic nitrogens is 3. The number of aryl methyl sites for hydroxylation is 1. The summed E-state index contributed by atoms with van der Waals surface area (Å²) in [5.41, 5.74) is -0.216. The van der Waals surface area contributed by atoms with Gasteiger partial charge in [-0.2, -0.15) is 18.4 Å². The van der Waals surface area contributed by atoms with Crippen molar-refractivity contribution >= 4 is 40.4 Å². The maximum absolute atomic E-state index is 13.5. The van der Waals surface area contributed by atoms with Crippen LogP contribution in [0.3, 0.4) is 0 Å². The van der Waals surface area contributed by atoms with Gasteiger partial charge in [0.25, 0.3) is 11.8 Å². The zero-order chi connectivity index (χ0) is 27.4. The molecule has 0 aliphatic rings. The molecule has 2 N–H and O–H groups in total. The van der Waals surface area contributed by atoms with E-state index in [1.165, 1.54) is 36.6 Å². The molecule has 0 unspecified atom stereocenters. The number of pyridine rings is 1. The summed E-state index contributed by atoms with van der Waals surface area (Å²) in [6, 6.07) is 10.5. The number of ether oxygens (including phenoxy) is 1. The smallest absolute Gasteiger partial charge is 0.405 e. The van der Waals surface area contributed by atoms with Crippen molar-refractivity contribution in [3.05, 3.63) is 80.8 Å². The summed E-state index contributed by atoms with van der Waals surface area (Å²) in [5, 5.41) is 21.6. The average molecular weight is 561 g/mol. The van der Waals surface area contributed by atoms with Crippen LogP contribution in [0.5, 0.6) is 11.6 Å². The highest BCUT2D eigenvalue weighted by Crippen LogP contribution is 2.29. The molecule has 2 amide bonds. The molecule has 38 heavy (non-hydrogen) atoms. The molecular weight excluding hydrogens is 545 g/mol. The first kappa shape index (κ1) is 26.6. The number of halogens is 4. The van der Waals surface area contributed by atoms with E-state index in [0.29, 0.717) is 5.75 Å². The molecule has 194 valence electrons. The molecule has 3 aromatic heterocycles. The van der Waals surface area contributed by atoms with E-state index in [9.17, 15) is 28.0 Å². The van der Waals surface area contributed by atoms with Crippen LogP contribution in [-0.2, 0) is 0 Å². The van der Waals surface area contributed by atoms with Crippen LogP contribution in [0, 0.1) is 18.3 Å². The number of thiophene rings is 1. The quantitative estimate of drug-likeness (QED) is 0.308. The van der Waals surface area contributed by atoms with E-state index >= 15 is 0 Å². The van der Waals surface area contributed by atoms with Crippen molar-refractivity contribution in [3.63, 3.8) is 0 Å². The molecule has 1 aromatic carbocycles. The number of alkyl halides is 3. The van der Waals surface area contributed by atoms with Gasteiger partial charge in [-0.15, -0.1) is 16.4 Å². The fourth-order valence-corrected chi connectivity index (χ4v) is 4.10. The minimum absolute atomic E-state index is 0.0226. The Labute approximate surface area is 222 Å². The summed E-state index contributed by atoms with van der Waals surface area (Å²) >= 11 is 7.66. The van der Waals surface area contributed by atoms with Crippen molar-refractivity contribution in [2.75, 3.05) is 11.9 Å². The van der Waals surface area contributed by atoms with Crippen LogP contribution in [0.1, 0.15) is 32.0 Å². The van der Waals surface area contributed by atoms with Gasteiger partial charge < -0.3 is 15.4 Å². The lowest BCUT2D eigenvalue weighted by atomic mass is 10.0. The van der Waals surface area contributed by atoms with Crippen LogP contribution < -0.4 is 15.4 Å². The van der Waals surface area contributed by atoms with E-state index in [4.69, 9.17) is 16.3 Å². The molecule has 0 aliphatic heterocycles. The summed E-state index contributed by atoms with van der Waals surface area (Å²) < 4.78 is 44.9. The highest BCUT2D eigenvalue weighted by molar-refractivity contribution is 7.08. The SMILES string of the molecule is Cc1cc(C#N)cc(C(=O)NCC(F)(F)F)c1NC(=O)c1cc(Oc2ccsc2)nn1-c1ncccc1Cl. The Morgan fingerprint density at radius 2 is 2.03 bits per heavy atom. The van der Waals surface area contributed by atoms with E-state index in [0.717, 1.165) is 10.7 Å². The molecule has 3 heterocycles. The third-order valence-electron chi connectivity index (χ3n) is 4.97. The van der Waals surface area contributed by atoms with Gasteiger partial charge >= 0.3 is 6.18 Å². The molecule has 14 heteroatoms. The molecule has 0 radical (unpaired) electrons. The van der Waals surface area contributed by atoms with Gasteiger partial charge in [-0.3, -0.25) is 9.59 Å². The van der Waals surface area contributed by atoms with Crippen LogP contribution in [0.15, 0.2) is 53.4 Å². The molecule has 0 aliphatic carbocycles. The van der Waals surface area contributed by atoms with Crippen molar-refractivity contribution in [1.29, 1.82) is 5.26 Å². The molecular formula is C24H16ClF3N6O3S. The number of hydrogen-bond acceptors (Lipinski definition) is 7. The lowest BCUT2D eigenvalue weighted by Crippen LogP contribution is -2.34. The number of benzene rings is 1. The number of nitriles is 1. The molecule has 4 aromatic rings. The second kappa shape index (κ2) is 10.9. The Bertz CT molecular complexity index is 1550. The molecule has 4 rings (SSSR count). The second-order valence-corrected chi connectivity index (χ2v) is 8.92. The maximum Gasteiger partial charge on any atom is 0.405 e. The van der Waals surface area contributed by atoms with Crippen molar-refractivity contribution in [1.82, 2.24) is 20.1 Å². The Hall–Kier alpha value is -4.41. The Balaban J connectivity index is 1.74. The predicted octanol–water partition coefficient (Wildman–Crippen LogP) is 5.50.